The highest BCUT2D eigenvalue weighted by molar-refractivity contribution is 6.05. The second-order valence-electron chi connectivity index (χ2n) is 7.93. The van der Waals surface area contributed by atoms with Crippen LogP contribution in [-0.2, 0) is 19.1 Å². The van der Waals surface area contributed by atoms with Crippen LogP contribution in [0.5, 0.6) is 0 Å². The van der Waals surface area contributed by atoms with Crippen LogP contribution >= 0.6 is 0 Å². The number of carbonyl (C=O) groups excluding carboxylic acids is 4. The summed E-state index contributed by atoms with van der Waals surface area (Å²) in [5.41, 5.74) is 1.89. The topological polar surface area (TPSA) is 92.8 Å². The van der Waals surface area contributed by atoms with Crippen molar-refractivity contribution in [1.82, 2.24) is 4.90 Å². The molecule has 1 saturated carbocycles. The third-order valence-corrected chi connectivity index (χ3v) is 6.09. The number of fused-ring (bicyclic) bond motifs is 1. The Labute approximate surface area is 163 Å². The molecule has 2 fully saturated rings. The van der Waals surface area contributed by atoms with Gasteiger partial charge in [-0.25, -0.2) is 0 Å². The number of nitrogens with one attached hydrogen (secondary N) is 1. The number of hydrogen-bond donors (Lipinski definition) is 1. The number of rotatable bonds is 5. The van der Waals surface area contributed by atoms with Gasteiger partial charge >= 0.3 is 5.97 Å². The zero-order chi connectivity index (χ0) is 19.8. The molecular formula is C21H24N2O5. The first-order valence-corrected chi connectivity index (χ1v) is 9.88. The second-order valence-corrected chi connectivity index (χ2v) is 7.93. The van der Waals surface area contributed by atoms with Gasteiger partial charge in [-0.1, -0.05) is 12.8 Å². The highest BCUT2D eigenvalue weighted by Gasteiger charge is 2.39. The summed E-state index contributed by atoms with van der Waals surface area (Å²) in [6, 6.07) is 5.24. The molecule has 0 aromatic heterocycles. The van der Waals surface area contributed by atoms with Crippen LogP contribution in [0.15, 0.2) is 18.2 Å². The summed E-state index contributed by atoms with van der Waals surface area (Å²) in [7, 11) is 0. The lowest BCUT2D eigenvalue weighted by Gasteiger charge is -2.23. The summed E-state index contributed by atoms with van der Waals surface area (Å²) >= 11 is 0. The minimum atomic E-state index is -0.497. The molecule has 1 aromatic rings. The zero-order valence-corrected chi connectivity index (χ0v) is 15.9. The predicted octanol–water partition coefficient (Wildman–Crippen LogP) is 2.26. The van der Waals surface area contributed by atoms with Crippen LogP contribution in [0.3, 0.4) is 0 Å². The van der Waals surface area contributed by atoms with E-state index < -0.39 is 11.9 Å². The van der Waals surface area contributed by atoms with Crippen molar-refractivity contribution in [3.8, 4) is 0 Å². The largest absolute Gasteiger partial charge is 0.457 e. The quantitative estimate of drug-likeness (QED) is 0.621. The molecule has 28 heavy (non-hydrogen) atoms. The first-order valence-electron chi connectivity index (χ1n) is 9.88. The van der Waals surface area contributed by atoms with E-state index in [1.54, 1.807) is 25.1 Å². The van der Waals surface area contributed by atoms with E-state index >= 15 is 0 Å². The third kappa shape index (κ3) is 3.41. The molecule has 4 rings (SSSR count). The van der Waals surface area contributed by atoms with E-state index in [4.69, 9.17) is 4.74 Å². The molecule has 1 aliphatic carbocycles. The molecule has 0 bridgehead atoms. The van der Waals surface area contributed by atoms with Crippen LogP contribution in [0.1, 0.15) is 60.9 Å². The molecule has 2 atom stereocenters. The summed E-state index contributed by atoms with van der Waals surface area (Å²) in [5, 5.41) is 2.76. The van der Waals surface area contributed by atoms with Crippen LogP contribution in [0.2, 0.25) is 0 Å². The van der Waals surface area contributed by atoms with Crippen LogP contribution < -0.4 is 5.32 Å². The summed E-state index contributed by atoms with van der Waals surface area (Å²) in [4.78, 5) is 50.5. The van der Waals surface area contributed by atoms with Crippen LogP contribution in [-0.4, -0.2) is 47.7 Å². The molecule has 2 heterocycles. The summed E-state index contributed by atoms with van der Waals surface area (Å²) in [6.45, 7) is 1.81. The van der Waals surface area contributed by atoms with Crippen LogP contribution in [0.25, 0.3) is 0 Å². The van der Waals surface area contributed by atoms with Gasteiger partial charge in [0.05, 0.1) is 11.8 Å². The fourth-order valence-corrected chi connectivity index (χ4v) is 4.39. The molecule has 0 spiro atoms. The van der Waals surface area contributed by atoms with E-state index in [2.05, 4.69) is 5.32 Å². The smallest absolute Gasteiger partial charge is 0.311 e. The van der Waals surface area contributed by atoms with E-state index in [-0.39, 0.29) is 42.6 Å². The number of likely N-dealkylation sites (tertiary alicyclic amines) is 1. The van der Waals surface area contributed by atoms with Gasteiger partial charge in [0.1, 0.15) is 0 Å². The number of amides is 2. The normalized spacial score (nSPS) is 24.4. The number of ether oxygens (including phenoxy) is 1. The Morgan fingerprint density at radius 2 is 1.96 bits per heavy atom. The van der Waals surface area contributed by atoms with E-state index in [0.29, 0.717) is 17.8 Å². The summed E-state index contributed by atoms with van der Waals surface area (Å²) in [5.74, 6) is -1.71. The van der Waals surface area contributed by atoms with Crippen molar-refractivity contribution < 1.29 is 23.9 Å². The first-order chi connectivity index (χ1) is 13.4. The summed E-state index contributed by atoms with van der Waals surface area (Å²) in [6.07, 6.45) is 4.41. The van der Waals surface area contributed by atoms with E-state index in [9.17, 15) is 19.2 Å². The Morgan fingerprint density at radius 1 is 1.21 bits per heavy atom. The van der Waals surface area contributed by atoms with Crippen molar-refractivity contribution in [2.45, 2.75) is 51.0 Å². The average Bonchev–Trinajstić information content (AvgIpc) is 3.40. The van der Waals surface area contributed by atoms with Gasteiger partial charge in [0.25, 0.3) is 0 Å². The lowest BCUT2D eigenvalue weighted by molar-refractivity contribution is -0.147. The van der Waals surface area contributed by atoms with Crippen molar-refractivity contribution in [1.29, 1.82) is 0 Å². The van der Waals surface area contributed by atoms with Gasteiger partial charge in [-0.3, -0.25) is 19.2 Å². The van der Waals surface area contributed by atoms with E-state index in [1.165, 1.54) is 0 Å². The number of esters is 1. The maximum Gasteiger partial charge on any atom is 0.311 e. The molecule has 1 aromatic carbocycles. The Hall–Kier alpha value is -2.70. The number of carbonyl (C=O) groups is 4. The molecule has 148 valence electrons. The minimum absolute atomic E-state index is 0.00459. The average molecular weight is 384 g/mol. The highest BCUT2D eigenvalue weighted by Crippen LogP contribution is 2.33. The fourth-order valence-electron chi connectivity index (χ4n) is 4.39. The molecule has 2 aliphatic heterocycles. The lowest BCUT2D eigenvalue weighted by Crippen LogP contribution is -2.35. The number of benzene rings is 1. The standard InChI is InChI=1S/C21H24N2O5/c1-12-16-8-13(6-7-17(16)22-20(12)26)18(24)11-28-21(27)14-9-19(25)23(10-14)15-4-2-3-5-15/h6-8,12,14-15H,2-5,9-11H2,1H3,(H,22,26)/t12-,14-/m1/s1. The molecule has 1 N–H and O–H groups in total. The van der Waals surface area contributed by atoms with Gasteiger partial charge in [0.2, 0.25) is 11.8 Å². The van der Waals surface area contributed by atoms with Crippen molar-refractivity contribution >= 4 is 29.3 Å². The highest BCUT2D eigenvalue weighted by atomic mass is 16.5. The molecule has 0 unspecified atom stereocenters. The number of ketones is 1. The van der Waals surface area contributed by atoms with Crippen molar-refractivity contribution in [3.05, 3.63) is 29.3 Å². The van der Waals surface area contributed by atoms with Gasteiger partial charge in [0, 0.05) is 30.3 Å². The maximum atomic E-state index is 12.4. The monoisotopic (exact) mass is 384 g/mol. The van der Waals surface area contributed by atoms with Gasteiger partial charge in [-0.05, 0) is 43.5 Å². The summed E-state index contributed by atoms with van der Waals surface area (Å²) < 4.78 is 5.22. The molecule has 2 amide bonds. The van der Waals surface area contributed by atoms with Gasteiger partial charge < -0.3 is 15.0 Å². The maximum absolute atomic E-state index is 12.4. The minimum Gasteiger partial charge on any atom is -0.457 e. The fraction of sp³-hybridized carbons (Fsp3) is 0.524. The SMILES string of the molecule is C[C@H]1C(=O)Nc2ccc(C(=O)COC(=O)[C@@H]3CC(=O)N(C4CCCC4)C3)cc21. The number of nitrogens with zero attached hydrogens (tertiary/aromatic N) is 1. The Kier molecular flexibility index (Phi) is 4.91. The van der Waals surface area contributed by atoms with E-state index in [1.807, 2.05) is 4.90 Å². The predicted molar refractivity (Wildman–Crippen MR) is 101 cm³/mol. The van der Waals surface area contributed by atoms with Crippen molar-refractivity contribution in [2.24, 2.45) is 5.92 Å². The van der Waals surface area contributed by atoms with Crippen LogP contribution in [0, 0.1) is 5.92 Å². The van der Waals surface area contributed by atoms with Crippen molar-refractivity contribution in [3.63, 3.8) is 0 Å². The molecule has 3 aliphatic rings. The molecule has 7 heteroatoms. The van der Waals surface area contributed by atoms with E-state index in [0.717, 1.165) is 31.2 Å². The second kappa shape index (κ2) is 7.37. The lowest BCUT2D eigenvalue weighted by atomic mass is 9.99. The molecule has 0 radical (unpaired) electrons. The van der Waals surface area contributed by atoms with Gasteiger partial charge in [-0.15, -0.1) is 0 Å². The third-order valence-electron chi connectivity index (χ3n) is 6.09. The zero-order valence-electron chi connectivity index (χ0n) is 15.9. The number of anilines is 1. The van der Waals surface area contributed by atoms with Gasteiger partial charge in [-0.2, -0.15) is 0 Å². The Balaban J connectivity index is 1.33. The molecule has 7 nitrogen and oxygen atoms in total. The van der Waals surface area contributed by atoms with Crippen molar-refractivity contribution in [2.75, 3.05) is 18.5 Å². The molecule has 1 saturated heterocycles. The first kappa shape index (κ1) is 18.7. The number of Topliss-reactive ketones (excluding diaryl/α,β-unsaturated/α-hetero) is 1. The number of hydrogen-bond acceptors (Lipinski definition) is 5. The van der Waals surface area contributed by atoms with Gasteiger partial charge in [0.15, 0.2) is 12.4 Å². The van der Waals surface area contributed by atoms with Crippen LogP contribution in [0.4, 0.5) is 5.69 Å². The molecular weight excluding hydrogens is 360 g/mol. The Morgan fingerprint density at radius 3 is 2.71 bits per heavy atom. The Bertz CT molecular complexity index is 843.